The molecule has 218 valence electrons. The highest BCUT2D eigenvalue weighted by Crippen LogP contribution is 2.59. The standard InChI is InChI=1S/C29H45N3O7/c1-8-11-12-21(34)30-16-18(4)38-27(37)22-20-13-14-29(39-20)23(22)25(35)32(19(10-3)17-33)24(29)26(36)31(15-9-2)28(5,6)7/h8-9,18-20,22-24,33H,1-2,10-17H2,3-7H3,(H,30,34)/t18-,19-,20+,22-,23-,24+,29-/m0/s1. The van der Waals surface area contributed by atoms with Crippen LogP contribution in [0.25, 0.3) is 0 Å². The summed E-state index contributed by atoms with van der Waals surface area (Å²) in [4.78, 5) is 56.9. The summed E-state index contributed by atoms with van der Waals surface area (Å²) in [6.07, 6.45) is 4.40. The fraction of sp³-hybridized carbons (Fsp3) is 0.724. The van der Waals surface area contributed by atoms with Crippen LogP contribution in [0.5, 0.6) is 0 Å². The highest BCUT2D eigenvalue weighted by Gasteiger charge is 2.75. The maximum Gasteiger partial charge on any atom is 0.312 e. The average Bonchev–Trinajstić information content (AvgIpc) is 3.52. The average molecular weight is 548 g/mol. The van der Waals surface area contributed by atoms with E-state index in [9.17, 15) is 24.3 Å². The number of hydrogen-bond donors (Lipinski definition) is 2. The van der Waals surface area contributed by atoms with Gasteiger partial charge in [-0.15, -0.1) is 13.2 Å². The minimum atomic E-state index is -1.18. The van der Waals surface area contributed by atoms with E-state index in [1.165, 1.54) is 4.90 Å². The van der Waals surface area contributed by atoms with Gasteiger partial charge in [-0.3, -0.25) is 19.2 Å². The van der Waals surface area contributed by atoms with Crippen LogP contribution in [0.1, 0.15) is 66.7 Å². The maximum absolute atomic E-state index is 14.2. The Hall–Kier alpha value is -2.72. The van der Waals surface area contributed by atoms with Crippen molar-refractivity contribution in [3.05, 3.63) is 25.3 Å². The number of amides is 3. The summed E-state index contributed by atoms with van der Waals surface area (Å²) in [5.41, 5.74) is -1.74. The Kier molecular flexibility index (Phi) is 9.64. The number of aliphatic hydroxyl groups excluding tert-OH is 1. The number of ether oxygens (including phenoxy) is 2. The summed E-state index contributed by atoms with van der Waals surface area (Å²) < 4.78 is 12.2. The molecule has 2 N–H and O–H groups in total. The second-order valence-electron chi connectivity index (χ2n) is 11.8. The zero-order chi connectivity index (χ0) is 29.1. The lowest BCUT2D eigenvalue weighted by Crippen LogP contribution is -2.61. The highest BCUT2D eigenvalue weighted by molar-refractivity contribution is 5.98. The SMILES string of the molecule is C=CCCC(=O)NC[C@H](C)OC(=O)[C@@H]1[C@H]2C(=O)N([C@@H](CC)CO)[C@H](C(=O)N(CC=C)C(C)(C)C)[C@]23CC[C@H]1O3. The second kappa shape index (κ2) is 12.2. The van der Waals surface area contributed by atoms with Crippen molar-refractivity contribution < 1.29 is 33.8 Å². The number of rotatable bonds is 13. The number of carbonyl (C=O) groups is 4. The van der Waals surface area contributed by atoms with Crippen molar-refractivity contribution >= 4 is 23.7 Å². The zero-order valence-corrected chi connectivity index (χ0v) is 24.0. The summed E-state index contributed by atoms with van der Waals surface area (Å²) in [6.45, 7) is 16.8. The summed E-state index contributed by atoms with van der Waals surface area (Å²) in [6, 6.07) is -1.57. The van der Waals surface area contributed by atoms with E-state index in [-0.39, 0.29) is 37.4 Å². The molecule has 39 heavy (non-hydrogen) atoms. The van der Waals surface area contributed by atoms with Gasteiger partial charge in [-0.05, 0) is 53.4 Å². The Bertz CT molecular complexity index is 972. The molecule has 0 radical (unpaired) electrons. The number of allylic oxidation sites excluding steroid dienone is 1. The normalized spacial score (nSPS) is 29.0. The molecule has 0 aromatic carbocycles. The lowest BCUT2D eigenvalue weighted by molar-refractivity contribution is -0.160. The number of hydrogen-bond acceptors (Lipinski definition) is 7. The third kappa shape index (κ3) is 5.77. The number of fused-ring (bicyclic) bond motifs is 1. The van der Waals surface area contributed by atoms with E-state index >= 15 is 0 Å². The maximum atomic E-state index is 14.2. The van der Waals surface area contributed by atoms with Gasteiger partial charge in [0.15, 0.2) is 0 Å². The van der Waals surface area contributed by atoms with E-state index in [1.807, 2.05) is 27.7 Å². The van der Waals surface area contributed by atoms with Crippen LogP contribution in [0.4, 0.5) is 0 Å². The van der Waals surface area contributed by atoms with Gasteiger partial charge in [-0.1, -0.05) is 19.1 Å². The molecule has 1 spiro atoms. The van der Waals surface area contributed by atoms with Crippen molar-refractivity contribution in [1.82, 2.24) is 15.1 Å². The molecule has 2 bridgehead atoms. The summed E-state index contributed by atoms with van der Waals surface area (Å²) in [5, 5.41) is 12.9. The van der Waals surface area contributed by atoms with Crippen molar-refractivity contribution in [3.63, 3.8) is 0 Å². The first-order valence-electron chi connectivity index (χ1n) is 14.0. The van der Waals surface area contributed by atoms with Crippen LogP contribution in [0.2, 0.25) is 0 Å². The first kappa shape index (κ1) is 30.8. The molecule has 3 rings (SSSR count). The lowest BCUT2D eigenvalue weighted by atomic mass is 9.70. The van der Waals surface area contributed by atoms with E-state index < -0.39 is 53.2 Å². The molecule has 3 saturated heterocycles. The molecule has 10 nitrogen and oxygen atoms in total. The Morgan fingerprint density at radius 1 is 1.31 bits per heavy atom. The molecular weight excluding hydrogens is 502 g/mol. The van der Waals surface area contributed by atoms with Gasteiger partial charge in [0.05, 0.1) is 37.1 Å². The molecule has 7 atom stereocenters. The van der Waals surface area contributed by atoms with E-state index in [4.69, 9.17) is 9.47 Å². The topological polar surface area (TPSA) is 125 Å². The molecule has 3 fully saturated rings. The second-order valence-corrected chi connectivity index (χ2v) is 11.8. The fourth-order valence-electron chi connectivity index (χ4n) is 6.31. The van der Waals surface area contributed by atoms with Crippen LogP contribution in [-0.2, 0) is 28.7 Å². The molecule has 0 saturated carbocycles. The van der Waals surface area contributed by atoms with Gasteiger partial charge in [0, 0.05) is 18.5 Å². The Morgan fingerprint density at radius 3 is 2.56 bits per heavy atom. The third-order valence-electron chi connectivity index (χ3n) is 8.19. The summed E-state index contributed by atoms with van der Waals surface area (Å²) >= 11 is 0. The first-order valence-corrected chi connectivity index (χ1v) is 14.0. The molecule has 3 amide bonds. The van der Waals surface area contributed by atoms with Crippen molar-refractivity contribution in [2.24, 2.45) is 11.8 Å². The molecule has 3 heterocycles. The predicted octanol–water partition coefficient (Wildman–Crippen LogP) is 1.96. The monoisotopic (exact) mass is 547 g/mol. The van der Waals surface area contributed by atoms with Crippen LogP contribution in [0, 0.1) is 11.8 Å². The first-order chi connectivity index (χ1) is 18.4. The van der Waals surface area contributed by atoms with Gasteiger partial charge in [-0.25, -0.2) is 0 Å². The number of esters is 1. The highest BCUT2D eigenvalue weighted by atomic mass is 16.6. The van der Waals surface area contributed by atoms with Crippen LogP contribution in [0.15, 0.2) is 25.3 Å². The van der Waals surface area contributed by atoms with Gasteiger partial charge in [0.25, 0.3) is 0 Å². The van der Waals surface area contributed by atoms with Crippen molar-refractivity contribution in [3.8, 4) is 0 Å². The van der Waals surface area contributed by atoms with Gasteiger partial charge in [-0.2, -0.15) is 0 Å². The van der Waals surface area contributed by atoms with Gasteiger partial charge in [0.2, 0.25) is 17.7 Å². The summed E-state index contributed by atoms with van der Waals surface area (Å²) in [5.74, 6) is -3.15. The minimum absolute atomic E-state index is 0.140. The minimum Gasteiger partial charge on any atom is -0.460 e. The molecule has 0 aromatic rings. The van der Waals surface area contributed by atoms with Crippen LogP contribution >= 0.6 is 0 Å². The molecular formula is C29H45N3O7. The number of aliphatic hydroxyl groups is 1. The van der Waals surface area contributed by atoms with Crippen molar-refractivity contribution in [2.45, 2.75) is 102 Å². The van der Waals surface area contributed by atoms with Crippen molar-refractivity contribution in [2.75, 3.05) is 19.7 Å². The predicted molar refractivity (Wildman–Crippen MR) is 145 cm³/mol. The van der Waals surface area contributed by atoms with Crippen LogP contribution < -0.4 is 5.32 Å². The number of carbonyl (C=O) groups excluding carboxylic acids is 4. The van der Waals surface area contributed by atoms with Gasteiger partial charge in [0.1, 0.15) is 17.7 Å². The number of nitrogens with one attached hydrogen (secondary N) is 1. The fourth-order valence-corrected chi connectivity index (χ4v) is 6.31. The third-order valence-corrected chi connectivity index (χ3v) is 8.19. The molecule has 10 heteroatoms. The molecule has 3 aliphatic heterocycles. The number of nitrogens with zero attached hydrogens (tertiary/aromatic N) is 2. The zero-order valence-electron chi connectivity index (χ0n) is 24.0. The quantitative estimate of drug-likeness (QED) is 0.267. The molecule has 0 aromatic heterocycles. The molecule has 0 aliphatic carbocycles. The Balaban J connectivity index is 1.90. The molecule has 3 aliphatic rings. The van der Waals surface area contributed by atoms with E-state index in [2.05, 4.69) is 18.5 Å². The Labute approximate surface area is 231 Å². The number of likely N-dealkylation sites (tertiary alicyclic amines) is 1. The van der Waals surface area contributed by atoms with Gasteiger partial charge >= 0.3 is 5.97 Å². The lowest BCUT2D eigenvalue weighted by Gasteiger charge is -2.43. The van der Waals surface area contributed by atoms with Crippen LogP contribution in [0.3, 0.4) is 0 Å². The van der Waals surface area contributed by atoms with Crippen molar-refractivity contribution in [1.29, 1.82) is 0 Å². The smallest absolute Gasteiger partial charge is 0.312 e. The van der Waals surface area contributed by atoms with E-state index in [1.54, 1.807) is 24.0 Å². The summed E-state index contributed by atoms with van der Waals surface area (Å²) in [7, 11) is 0. The van der Waals surface area contributed by atoms with E-state index in [0.717, 1.165) is 0 Å². The molecule has 0 unspecified atom stereocenters. The van der Waals surface area contributed by atoms with Crippen LogP contribution in [-0.4, -0.2) is 93.7 Å². The Morgan fingerprint density at radius 2 is 2.00 bits per heavy atom. The largest absolute Gasteiger partial charge is 0.460 e. The van der Waals surface area contributed by atoms with E-state index in [0.29, 0.717) is 32.1 Å². The van der Waals surface area contributed by atoms with Gasteiger partial charge < -0.3 is 29.7 Å².